The fourth-order valence-electron chi connectivity index (χ4n) is 5.03. The maximum atomic E-state index is 13.4. The second-order valence-corrected chi connectivity index (χ2v) is 10.1. The normalized spacial score (nSPS) is 18.6. The topological polar surface area (TPSA) is 90.6 Å². The maximum Gasteiger partial charge on any atom is 0.411 e. The highest BCUT2D eigenvalue weighted by atomic mass is 19.1. The third-order valence-corrected chi connectivity index (χ3v) is 7.00. The second-order valence-electron chi connectivity index (χ2n) is 10.1. The molecule has 34 heavy (non-hydrogen) atoms. The Kier molecular flexibility index (Phi) is 6.93. The Balaban J connectivity index is 1.48. The van der Waals surface area contributed by atoms with E-state index in [0.29, 0.717) is 23.8 Å². The highest BCUT2D eigenvalue weighted by Crippen LogP contribution is 2.41. The van der Waals surface area contributed by atoms with Gasteiger partial charge in [0.05, 0.1) is 17.8 Å². The summed E-state index contributed by atoms with van der Waals surface area (Å²) in [6.07, 6.45) is 5.24. The van der Waals surface area contributed by atoms with E-state index in [1.165, 1.54) is 43.5 Å². The van der Waals surface area contributed by atoms with Gasteiger partial charge in [-0.15, -0.1) is 0 Å². The van der Waals surface area contributed by atoms with Crippen molar-refractivity contribution in [2.75, 3.05) is 26.0 Å². The van der Waals surface area contributed by atoms with Crippen LogP contribution in [0.1, 0.15) is 67.6 Å². The van der Waals surface area contributed by atoms with Crippen LogP contribution in [0.15, 0.2) is 24.3 Å². The van der Waals surface area contributed by atoms with Gasteiger partial charge in [0.15, 0.2) is 5.82 Å². The zero-order valence-electron chi connectivity index (χ0n) is 20.4. The van der Waals surface area contributed by atoms with E-state index in [2.05, 4.69) is 20.4 Å². The number of carbonyl (C=O) groups is 2. The van der Waals surface area contributed by atoms with Crippen molar-refractivity contribution in [3.63, 3.8) is 0 Å². The van der Waals surface area contributed by atoms with E-state index < -0.39 is 17.3 Å². The van der Waals surface area contributed by atoms with Gasteiger partial charge in [-0.3, -0.25) is 14.8 Å². The predicted molar refractivity (Wildman–Crippen MR) is 127 cm³/mol. The summed E-state index contributed by atoms with van der Waals surface area (Å²) in [5, 5.41) is 10.0. The minimum absolute atomic E-state index is 0.159. The number of benzene rings is 1. The zero-order valence-corrected chi connectivity index (χ0v) is 20.4. The molecular weight excluding hydrogens is 437 g/mol. The van der Waals surface area contributed by atoms with Gasteiger partial charge in [-0.05, 0) is 71.0 Å². The molecule has 8 nitrogen and oxygen atoms in total. The van der Waals surface area contributed by atoms with Crippen molar-refractivity contribution in [3.05, 3.63) is 46.9 Å². The first kappa shape index (κ1) is 24.2. The van der Waals surface area contributed by atoms with Gasteiger partial charge in [0.2, 0.25) is 0 Å². The first-order chi connectivity index (χ1) is 16.2. The molecule has 2 heterocycles. The van der Waals surface area contributed by atoms with Crippen molar-refractivity contribution < 1.29 is 18.7 Å². The second kappa shape index (κ2) is 9.74. The number of amides is 2. The summed E-state index contributed by atoms with van der Waals surface area (Å²) in [5.74, 6) is -0.0638. The smallest absolute Gasteiger partial charge is 0.411 e. The Morgan fingerprint density at radius 3 is 2.56 bits per heavy atom. The van der Waals surface area contributed by atoms with Crippen LogP contribution in [0.2, 0.25) is 0 Å². The molecule has 0 radical (unpaired) electrons. The first-order valence-corrected chi connectivity index (χ1v) is 11.9. The van der Waals surface area contributed by atoms with Crippen molar-refractivity contribution in [3.8, 4) is 0 Å². The van der Waals surface area contributed by atoms with Crippen molar-refractivity contribution in [2.24, 2.45) is 5.92 Å². The number of aromatic nitrogens is 2. The van der Waals surface area contributed by atoms with Crippen LogP contribution in [-0.2, 0) is 16.8 Å². The summed E-state index contributed by atoms with van der Waals surface area (Å²) in [6.45, 7) is 4.84. The van der Waals surface area contributed by atoms with Crippen LogP contribution in [0, 0.1) is 11.7 Å². The lowest BCUT2D eigenvalue weighted by Gasteiger charge is -2.36. The Bertz CT molecular complexity index is 1030. The Morgan fingerprint density at radius 1 is 1.24 bits per heavy atom. The summed E-state index contributed by atoms with van der Waals surface area (Å²) in [5.41, 5.74) is 1.17. The van der Waals surface area contributed by atoms with Gasteiger partial charge in [-0.2, -0.15) is 5.10 Å². The summed E-state index contributed by atoms with van der Waals surface area (Å²) in [7, 11) is 3.99. The number of anilines is 1. The number of likely N-dealkylation sites (N-methyl/N-ethyl adjacent to an activating group) is 1. The molecule has 1 atom stereocenters. The van der Waals surface area contributed by atoms with Crippen LogP contribution in [0.25, 0.3) is 0 Å². The molecule has 9 heteroatoms. The lowest BCUT2D eigenvalue weighted by Crippen LogP contribution is -2.45. The number of halogens is 1. The molecule has 1 aromatic heterocycles. The molecule has 2 aromatic rings. The van der Waals surface area contributed by atoms with E-state index >= 15 is 0 Å². The Morgan fingerprint density at radius 2 is 1.91 bits per heavy atom. The molecule has 184 valence electrons. The minimum Gasteiger partial charge on any atom is -0.444 e. The van der Waals surface area contributed by atoms with Crippen LogP contribution >= 0.6 is 0 Å². The molecule has 2 aliphatic rings. The van der Waals surface area contributed by atoms with Gasteiger partial charge in [0.25, 0.3) is 5.91 Å². The van der Waals surface area contributed by atoms with Crippen LogP contribution in [0.3, 0.4) is 0 Å². The zero-order chi connectivity index (χ0) is 24.5. The number of nitrogens with one attached hydrogen (secondary N) is 2. The van der Waals surface area contributed by atoms with E-state index in [4.69, 9.17) is 4.74 Å². The summed E-state index contributed by atoms with van der Waals surface area (Å²) >= 11 is 0. The lowest BCUT2D eigenvalue weighted by molar-refractivity contribution is -0.00392. The molecule has 0 saturated heterocycles. The lowest BCUT2D eigenvalue weighted by atomic mass is 9.85. The van der Waals surface area contributed by atoms with Gasteiger partial charge in [-0.25, -0.2) is 9.18 Å². The van der Waals surface area contributed by atoms with Crippen molar-refractivity contribution >= 4 is 17.8 Å². The predicted octanol–water partition coefficient (Wildman–Crippen LogP) is 4.50. The Labute approximate surface area is 199 Å². The number of nitrogens with zero attached hydrogens (tertiary/aromatic N) is 3. The third-order valence-electron chi connectivity index (χ3n) is 7.00. The SMILES string of the molecule is CN(C)C[C@@H](OC(=O)N1Cc2c(NC(=O)c3ccc(F)cc3)n[nH]c2C1(C)C)C1CCCCC1. The van der Waals surface area contributed by atoms with Gasteiger partial charge in [-0.1, -0.05) is 19.3 Å². The minimum atomic E-state index is -0.673. The fraction of sp³-hybridized carbons (Fsp3) is 0.560. The van der Waals surface area contributed by atoms with Crippen molar-refractivity contribution in [2.45, 2.75) is 64.1 Å². The molecule has 0 unspecified atom stereocenters. The number of hydrogen-bond donors (Lipinski definition) is 2. The van der Waals surface area contributed by atoms with E-state index in [9.17, 15) is 14.0 Å². The third kappa shape index (κ3) is 4.94. The molecule has 2 N–H and O–H groups in total. The van der Waals surface area contributed by atoms with Gasteiger partial charge in [0, 0.05) is 17.7 Å². The van der Waals surface area contributed by atoms with Crippen molar-refractivity contribution in [1.29, 1.82) is 0 Å². The van der Waals surface area contributed by atoms with E-state index in [1.54, 1.807) is 4.90 Å². The first-order valence-electron chi connectivity index (χ1n) is 11.9. The highest BCUT2D eigenvalue weighted by molar-refractivity contribution is 6.04. The van der Waals surface area contributed by atoms with Crippen LogP contribution < -0.4 is 5.32 Å². The van der Waals surface area contributed by atoms with E-state index in [0.717, 1.165) is 24.1 Å². The number of aromatic amines is 1. The molecule has 1 saturated carbocycles. The summed E-state index contributed by atoms with van der Waals surface area (Å²) < 4.78 is 19.3. The summed E-state index contributed by atoms with van der Waals surface area (Å²) in [6, 6.07) is 5.31. The monoisotopic (exact) mass is 471 g/mol. The van der Waals surface area contributed by atoms with E-state index in [-0.39, 0.29) is 18.7 Å². The fourth-order valence-corrected chi connectivity index (χ4v) is 5.03. The number of ether oxygens (including phenoxy) is 1. The molecule has 2 amide bonds. The molecular formula is C25H34FN5O3. The molecule has 1 aliphatic carbocycles. The van der Waals surface area contributed by atoms with Crippen LogP contribution in [-0.4, -0.2) is 58.7 Å². The number of fused-ring (bicyclic) bond motifs is 1. The molecule has 0 bridgehead atoms. The molecule has 1 aromatic carbocycles. The highest BCUT2D eigenvalue weighted by Gasteiger charge is 2.45. The summed E-state index contributed by atoms with van der Waals surface area (Å²) in [4.78, 5) is 29.8. The quantitative estimate of drug-likeness (QED) is 0.647. The number of hydrogen-bond acceptors (Lipinski definition) is 5. The average Bonchev–Trinajstić information content (AvgIpc) is 3.32. The van der Waals surface area contributed by atoms with E-state index in [1.807, 2.05) is 27.9 Å². The maximum absolute atomic E-state index is 13.4. The van der Waals surface area contributed by atoms with Gasteiger partial charge >= 0.3 is 6.09 Å². The standard InChI is InChI=1S/C25H34FN5O3/c1-25(2)21-19(22(29-28-21)27-23(32)17-10-12-18(26)13-11-17)14-31(25)24(33)34-20(15-30(3)4)16-8-6-5-7-9-16/h10-13,16,20H,5-9,14-15H2,1-4H3,(H2,27,28,29,32)/t20-/m1/s1. The molecule has 4 rings (SSSR count). The number of H-pyrrole nitrogens is 1. The molecule has 0 spiro atoms. The molecule has 1 fully saturated rings. The largest absolute Gasteiger partial charge is 0.444 e. The number of carbonyl (C=O) groups excluding carboxylic acids is 2. The van der Waals surface area contributed by atoms with Crippen molar-refractivity contribution in [1.82, 2.24) is 20.0 Å². The van der Waals surface area contributed by atoms with Gasteiger partial charge in [0.1, 0.15) is 11.9 Å². The van der Waals surface area contributed by atoms with Crippen LogP contribution in [0.5, 0.6) is 0 Å². The molecule has 1 aliphatic heterocycles. The average molecular weight is 472 g/mol. The Hall–Kier alpha value is -2.94. The van der Waals surface area contributed by atoms with Crippen LogP contribution in [0.4, 0.5) is 15.0 Å². The van der Waals surface area contributed by atoms with Gasteiger partial charge < -0.3 is 15.0 Å². The number of rotatable bonds is 6.